The number of benzene rings is 2. The highest BCUT2D eigenvalue weighted by molar-refractivity contribution is 5.98. The van der Waals surface area contributed by atoms with Crippen LogP contribution in [-0.4, -0.2) is 22.6 Å². The number of rotatable bonds is 8. The van der Waals surface area contributed by atoms with Crippen molar-refractivity contribution in [3.05, 3.63) is 83.0 Å². The molecule has 0 spiro atoms. The maximum atomic E-state index is 13.0. The molecule has 0 unspecified atom stereocenters. The van der Waals surface area contributed by atoms with Gasteiger partial charge in [-0.2, -0.15) is 0 Å². The molecule has 0 atom stereocenters. The lowest BCUT2D eigenvalue weighted by atomic mass is 10.0. The summed E-state index contributed by atoms with van der Waals surface area (Å²) in [6, 6.07) is 17.1. The number of carbonyl (C=O) groups is 1. The van der Waals surface area contributed by atoms with E-state index in [2.05, 4.69) is 24.1 Å². The molecule has 5 heteroatoms. The fourth-order valence-electron chi connectivity index (χ4n) is 3.05. The van der Waals surface area contributed by atoms with Gasteiger partial charge in [0.15, 0.2) is 0 Å². The quantitative estimate of drug-likeness (QED) is 0.579. The fraction of sp³-hybridized carbons (Fsp3) is 0.280. The Labute approximate surface area is 177 Å². The van der Waals surface area contributed by atoms with Crippen LogP contribution in [0.3, 0.4) is 0 Å². The summed E-state index contributed by atoms with van der Waals surface area (Å²) in [5.74, 6) is 0.665. The number of aliphatic hydroxyl groups is 1. The average Bonchev–Trinajstić information content (AvgIpc) is 2.77. The lowest BCUT2D eigenvalue weighted by Gasteiger charge is -2.15. The Morgan fingerprint density at radius 1 is 1.13 bits per heavy atom. The van der Waals surface area contributed by atoms with Crippen LogP contribution in [0, 0.1) is 12.8 Å². The molecular weight excluding hydrogens is 376 g/mol. The molecule has 2 aromatic carbocycles. The Kier molecular flexibility index (Phi) is 7.20. The minimum Gasteiger partial charge on any atom is -0.492 e. The number of ether oxygens (including phenoxy) is 1. The highest BCUT2D eigenvalue weighted by Gasteiger charge is 2.16. The predicted molar refractivity (Wildman–Crippen MR) is 118 cm³/mol. The Bertz CT molecular complexity index is 998. The molecule has 1 aromatic heterocycles. The molecule has 30 heavy (non-hydrogen) atoms. The van der Waals surface area contributed by atoms with E-state index in [0.29, 0.717) is 41.6 Å². The largest absolute Gasteiger partial charge is 0.492 e. The number of aromatic nitrogens is 1. The Morgan fingerprint density at radius 2 is 1.90 bits per heavy atom. The topological polar surface area (TPSA) is 71.5 Å². The first-order valence-corrected chi connectivity index (χ1v) is 10.1. The average molecular weight is 405 g/mol. The summed E-state index contributed by atoms with van der Waals surface area (Å²) in [4.78, 5) is 17.4. The number of hydrogen-bond donors (Lipinski definition) is 2. The van der Waals surface area contributed by atoms with E-state index in [1.807, 2.05) is 43.3 Å². The van der Waals surface area contributed by atoms with E-state index in [1.165, 1.54) is 5.56 Å². The standard InChI is InChI=1S/C25H28N2O3/c1-17(2)16-30-23-11-10-20(24-21(15-28)5-4-12-26-24)13-22(23)25(29)27-14-19-8-6-18(3)7-9-19/h4-13,17,28H,14-16H2,1-3H3,(H,27,29). The lowest BCUT2D eigenvalue weighted by molar-refractivity contribution is 0.0946. The predicted octanol–water partition coefficient (Wildman–Crippen LogP) is 4.51. The van der Waals surface area contributed by atoms with Gasteiger partial charge in [0, 0.05) is 23.9 Å². The van der Waals surface area contributed by atoms with E-state index in [0.717, 1.165) is 11.1 Å². The van der Waals surface area contributed by atoms with Crippen LogP contribution in [-0.2, 0) is 13.2 Å². The second kappa shape index (κ2) is 10.0. The summed E-state index contributed by atoms with van der Waals surface area (Å²) < 4.78 is 5.90. The number of carbonyl (C=O) groups excluding carboxylic acids is 1. The highest BCUT2D eigenvalue weighted by Crippen LogP contribution is 2.28. The summed E-state index contributed by atoms with van der Waals surface area (Å²) in [5, 5.41) is 12.6. The first-order chi connectivity index (χ1) is 14.5. The van der Waals surface area contributed by atoms with Gasteiger partial charge in [-0.05, 0) is 42.7 Å². The lowest BCUT2D eigenvalue weighted by Crippen LogP contribution is -2.24. The van der Waals surface area contributed by atoms with E-state index in [1.54, 1.807) is 24.4 Å². The van der Waals surface area contributed by atoms with Crippen molar-refractivity contribution in [2.24, 2.45) is 5.92 Å². The number of nitrogens with one attached hydrogen (secondary N) is 1. The number of nitrogens with zero attached hydrogens (tertiary/aromatic N) is 1. The van der Waals surface area contributed by atoms with Crippen LogP contribution in [0.1, 0.15) is 40.9 Å². The van der Waals surface area contributed by atoms with Gasteiger partial charge in [0.05, 0.1) is 24.5 Å². The van der Waals surface area contributed by atoms with Crippen LogP contribution in [0.25, 0.3) is 11.3 Å². The van der Waals surface area contributed by atoms with Gasteiger partial charge in [-0.15, -0.1) is 0 Å². The fourth-order valence-corrected chi connectivity index (χ4v) is 3.05. The van der Waals surface area contributed by atoms with Gasteiger partial charge in [0.2, 0.25) is 0 Å². The number of aliphatic hydroxyl groups excluding tert-OH is 1. The smallest absolute Gasteiger partial charge is 0.255 e. The summed E-state index contributed by atoms with van der Waals surface area (Å²) in [6.07, 6.45) is 1.68. The minimum absolute atomic E-state index is 0.121. The zero-order valence-electron chi connectivity index (χ0n) is 17.7. The first kappa shape index (κ1) is 21.5. The van der Waals surface area contributed by atoms with Crippen molar-refractivity contribution >= 4 is 5.91 Å². The first-order valence-electron chi connectivity index (χ1n) is 10.1. The Hall–Kier alpha value is -3.18. The van der Waals surface area contributed by atoms with E-state index in [9.17, 15) is 9.90 Å². The Balaban J connectivity index is 1.89. The molecule has 2 N–H and O–H groups in total. The molecule has 1 heterocycles. The molecule has 3 aromatic rings. The van der Waals surface area contributed by atoms with Crippen molar-refractivity contribution in [2.45, 2.75) is 33.9 Å². The molecule has 0 saturated carbocycles. The molecule has 0 radical (unpaired) electrons. The zero-order chi connectivity index (χ0) is 21.5. The summed E-state index contributed by atoms with van der Waals surface area (Å²) in [6.45, 7) is 6.98. The number of pyridine rings is 1. The SMILES string of the molecule is Cc1ccc(CNC(=O)c2cc(-c3ncccc3CO)ccc2OCC(C)C)cc1. The van der Waals surface area contributed by atoms with Crippen molar-refractivity contribution in [3.63, 3.8) is 0 Å². The number of aryl methyl sites for hydroxylation is 1. The molecule has 0 aliphatic carbocycles. The van der Waals surface area contributed by atoms with Crippen LogP contribution in [0.15, 0.2) is 60.8 Å². The Morgan fingerprint density at radius 3 is 2.60 bits per heavy atom. The zero-order valence-corrected chi connectivity index (χ0v) is 17.7. The molecule has 156 valence electrons. The van der Waals surface area contributed by atoms with E-state index in [4.69, 9.17) is 4.74 Å². The van der Waals surface area contributed by atoms with Gasteiger partial charge in [-0.1, -0.05) is 49.7 Å². The van der Waals surface area contributed by atoms with Gasteiger partial charge in [-0.25, -0.2) is 0 Å². The third-order valence-electron chi connectivity index (χ3n) is 4.71. The summed E-state index contributed by atoms with van der Waals surface area (Å²) >= 11 is 0. The summed E-state index contributed by atoms with van der Waals surface area (Å²) in [7, 11) is 0. The van der Waals surface area contributed by atoms with E-state index >= 15 is 0 Å². The van der Waals surface area contributed by atoms with E-state index in [-0.39, 0.29) is 12.5 Å². The molecule has 0 fully saturated rings. The molecule has 3 rings (SSSR count). The van der Waals surface area contributed by atoms with Gasteiger partial charge in [0.1, 0.15) is 5.75 Å². The van der Waals surface area contributed by atoms with Crippen LogP contribution >= 0.6 is 0 Å². The van der Waals surface area contributed by atoms with Crippen molar-refractivity contribution in [1.29, 1.82) is 0 Å². The van der Waals surface area contributed by atoms with Gasteiger partial charge in [-0.3, -0.25) is 9.78 Å². The van der Waals surface area contributed by atoms with Gasteiger partial charge >= 0.3 is 0 Å². The van der Waals surface area contributed by atoms with Crippen LogP contribution < -0.4 is 10.1 Å². The molecule has 0 aliphatic heterocycles. The number of hydrogen-bond acceptors (Lipinski definition) is 4. The van der Waals surface area contributed by atoms with Crippen molar-refractivity contribution in [3.8, 4) is 17.0 Å². The van der Waals surface area contributed by atoms with Crippen molar-refractivity contribution in [2.75, 3.05) is 6.61 Å². The van der Waals surface area contributed by atoms with Gasteiger partial charge < -0.3 is 15.2 Å². The van der Waals surface area contributed by atoms with Crippen LogP contribution in [0.4, 0.5) is 0 Å². The van der Waals surface area contributed by atoms with Crippen LogP contribution in [0.5, 0.6) is 5.75 Å². The maximum absolute atomic E-state index is 13.0. The monoisotopic (exact) mass is 404 g/mol. The van der Waals surface area contributed by atoms with E-state index < -0.39 is 0 Å². The molecule has 0 saturated heterocycles. The third-order valence-corrected chi connectivity index (χ3v) is 4.71. The minimum atomic E-state index is -0.210. The highest BCUT2D eigenvalue weighted by atomic mass is 16.5. The third kappa shape index (κ3) is 5.45. The number of amides is 1. The molecular formula is C25H28N2O3. The van der Waals surface area contributed by atoms with Crippen LogP contribution in [0.2, 0.25) is 0 Å². The van der Waals surface area contributed by atoms with Crippen molar-refractivity contribution in [1.82, 2.24) is 10.3 Å². The second-order valence-electron chi connectivity index (χ2n) is 7.75. The molecule has 1 amide bonds. The second-order valence-corrected chi connectivity index (χ2v) is 7.75. The van der Waals surface area contributed by atoms with Gasteiger partial charge in [0.25, 0.3) is 5.91 Å². The molecule has 0 aliphatic rings. The summed E-state index contributed by atoms with van der Waals surface area (Å²) in [5.41, 5.74) is 4.79. The normalized spacial score (nSPS) is 10.8. The maximum Gasteiger partial charge on any atom is 0.255 e. The molecule has 5 nitrogen and oxygen atoms in total. The molecule has 0 bridgehead atoms. The van der Waals surface area contributed by atoms with Crippen molar-refractivity contribution < 1.29 is 14.6 Å².